The normalized spacial score (nSPS) is 17.6. The molecule has 0 atom stereocenters. The van der Waals surface area contributed by atoms with E-state index in [1.165, 1.54) is 6.92 Å². The van der Waals surface area contributed by atoms with E-state index in [2.05, 4.69) is 0 Å². The molecule has 6 nitrogen and oxygen atoms in total. The molecule has 2 fully saturated rings. The molecule has 6 heteroatoms. The maximum Gasteiger partial charge on any atom is 0.225 e. The fourth-order valence-corrected chi connectivity index (χ4v) is 3.93. The topological polar surface area (TPSA) is 66.9 Å². The first kappa shape index (κ1) is 20.4. The summed E-state index contributed by atoms with van der Waals surface area (Å²) >= 11 is 0. The van der Waals surface area contributed by atoms with E-state index in [4.69, 9.17) is 4.74 Å². The summed E-state index contributed by atoms with van der Waals surface area (Å²) in [4.78, 5) is 40.0. The summed E-state index contributed by atoms with van der Waals surface area (Å²) in [5.74, 6) is 1.25. The van der Waals surface area contributed by atoms with Crippen LogP contribution in [0.5, 0.6) is 5.75 Å². The fourth-order valence-electron chi connectivity index (χ4n) is 3.93. The van der Waals surface area contributed by atoms with Gasteiger partial charge in [0.1, 0.15) is 5.75 Å². The number of likely N-dealkylation sites (tertiary alicyclic amines) is 2. The molecule has 152 valence electrons. The van der Waals surface area contributed by atoms with Crippen molar-refractivity contribution in [1.29, 1.82) is 0 Å². The number of Topliss-reactive ketones (excluding diaryl/α,β-unsaturated/α-hetero) is 1. The average molecular weight is 386 g/mol. The molecule has 0 radical (unpaired) electrons. The quantitative estimate of drug-likeness (QED) is 0.534. The van der Waals surface area contributed by atoms with Gasteiger partial charge < -0.3 is 14.5 Å². The van der Waals surface area contributed by atoms with Crippen molar-refractivity contribution >= 4 is 17.6 Å². The van der Waals surface area contributed by atoms with Crippen LogP contribution < -0.4 is 4.74 Å². The Morgan fingerprint density at radius 3 is 2.21 bits per heavy atom. The number of hydrogen-bond donors (Lipinski definition) is 0. The summed E-state index contributed by atoms with van der Waals surface area (Å²) in [7, 11) is 0. The highest BCUT2D eigenvalue weighted by atomic mass is 16.5. The van der Waals surface area contributed by atoms with Gasteiger partial charge in [0.25, 0.3) is 0 Å². The minimum Gasteiger partial charge on any atom is -0.494 e. The molecule has 0 saturated carbocycles. The number of hydrogen-bond acceptors (Lipinski definition) is 4. The first-order chi connectivity index (χ1) is 13.5. The second-order valence-electron chi connectivity index (χ2n) is 7.72. The first-order valence-corrected chi connectivity index (χ1v) is 10.3. The van der Waals surface area contributed by atoms with Gasteiger partial charge in [-0.1, -0.05) is 0 Å². The van der Waals surface area contributed by atoms with Crippen molar-refractivity contribution in [2.45, 2.75) is 45.4 Å². The van der Waals surface area contributed by atoms with Crippen LogP contribution in [0, 0.1) is 5.92 Å². The van der Waals surface area contributed by atoms with Gasteiger partial charge in [-0.05, 0) is 63.3 Å². The van der Waals surface area contributed by atoms with Crippen molar-refractivity contribution in [3.05, 3.63) is 29.8 Å². The van der Waals surface area contributed by atoms with Crippen LogP contribution in [-0.4, -0.2) is 60.2 Å². The van der Waals surface area contributed by atoms with Gasteiger partial charge in [0.2, 0.25) is 11.8 Å². The van der Waals surface area contributed by atoms with Crippen LogP contribution in [-0.2, 0) is 9.59 Å². The fraction of sp³-hybridized carbons (Fsp3) is 0.591. The largest absolute Gasteiger partial charge is 0.494 e. The summed E-state index contributed by atoms with van der Waals surface area (Å²) in [6.07, 6.45) is 4.90. The lowest BCUT2D eigenvalue weighted by atomic mass is 9.95. The number of benzene rings is 1. The van der Waals surface area contributed by atoms with Crippen molar-refractivity contribution in [2.24, 2.45) is 5.92 Å². The number of piperidine rings is 1. The zero-order valence-corrected chi connectivity index (χ0v) is 16.7. The van der Waals surface area contributed by atoms with Gasteiger partial charge in [0, 0.05) is 44.1 Å². The molecule has 2 saturated heterocycles. The second-order valence-corrected chi connectivity index (χ2v) is 7.72. The van der Waals surface area contributed by atoms with Crippen molar-refractivity contribution in [3.8, 4) is 5.75 Å². The summed E-state index contributed by atoms with van der Waals surface area (Å²) in [5.41, 5.74) is 0.661. The molecule has 2 amide bonds. The highest BCUT2D eigenvalue weighted by Crippen LogP contribution is 2.22. The van der Waals surface area contributed by atoms with Crippen LogP contribution in [0.4, 0.5) is 0 Å². The van der Waals surface area contributed by atoms with E-state index >= 15 is 0 Å². The maximum absolute atomic E-state index is 12.5. The molecular formula is C22H30N2O4. The Morgan fingerprint density at radius 1 is 0.964 bits per heavy atom. The highest BCUT2D eigenvalue weighted by Gasteiger charge is 2.30. The number of carbonyl (C=O) groups excluding carboxylic acids is 3. The summed E-state index contributed by atoms with van der Waals surface area (Å²) in [6, 6.07) is 7.05. The molecular weight excluding hydrogens is 356 g/mol. The highest BCUT2D eigenvalue weighted by molar-refractivity contribution is 5.94. The van der Waals surface area contributed by atoms with Crippen LogP contribution in [0.1, 0.15) is 55.8 Å². The van der Waals surface area contributed by atoms with E-state index in [9.17, 15) is 14.4 Å². The number of ketones is 1. The lowest BCUT2D eigenvalue weighted by molar-refractivity contribution is -0.140. The maximum atomic E-state index is 12.5. The van der Waals surface area contributed by atoms with Gasteiger partial charge in [-0.2, -0.15) is 0 Å². The molecule has 2 aliphatic heterocycles. The first-order valence-electron chi connectivity index (χ1n) is 10.3. The molecule has 2 heterocycles. The van der Waals surface area contributed by atoms with Gasteiger partial charge in [0.15, 0.2) is 5.78 Å². The van der Waals surface area contributed by atoms with E-state index in [0.29, 0.717) is 43.9 Å². The Balaban J connectivity index is 1.33. The van der Waals surface area contributed by atoms with E-state index in [1.807, 2.05) is 9.80 Å². The molecule has 2 aliphatic rings. The van der Waals surface area contributed by atoms with Gasteiger partial charge in [0.05, 0.1) is 6.61 Å². The summed E-state index contributed by atoms with van der Waals surface area (Å²) in [5, 5.41) is 0. The predicted molar refractivity (Wildman–Crippen MR) is 106 cm³/mol. The Hall–Kier alpha value is -2.37. The third-order valence-corrected chi connectivity index (χ3v) is 5.68. The number of nitrogens with zero attached hydrogens (tertiary/aromatic N) is 2. The molecule has 0 aromatic heterocycles. The van der Waals surface area contributed by atoms with Crippen molar-refractivity contribution in [1.82, 2.24) is 9.80 Å². The molecule has 28 heavy (non-hydrogen) atoms. The van der Waals surface area contributed by atoms with Gasteiger partial charge >= 0.3 is 0 Å². The number of rotatable bonds is 7. The zero-order chi connectivity index (χ0) is 19.9. The van der Waals surface area contributed by atoms with E-state index in [-0.39, 0.29) is 23.5 Å². The van der Waals surface area contributed by atoms with Gasteiger partial charge in [-0.15, -0.1) is 0 Å². The van der Waals surface area contributed by atoms with E-state index in [1.54, 1.807) is 24.3 Å². The molecule has 0 N–H and O–H groups in total. The van der Waals surface area contributed by atoms with Crippen LogP contribution in [0.15, 0.2) is 24.3 Å². The molecule has 1 aromatic carbocycles. The molecule has 0 bridgehead atoms. The second kappa shape index (κ2) is 9.71. The Morgan fingerprint density at radius 2 is 1.61 bits per heavy atom. The van der Waals surface area contributed by atoms with Crippen LogP contribution >= 0.6 is 0 Å². The van der Waals surface area contributed by atoms with Gasteiger partial charge in [-0.25, -0.2) is 0 Å². The molecule has 3 rings (SSSR count). The Labute approximate surface area is 166 Å². The molecule has 0 spiro atoms. The molecule has 0 unspecified atom stereocenters. The lowest BCUT2D eigenvalue weighted by Crippen LogP contribution is -2.43. The third-order valence-electron chi connectivity index (χ3n) is 5.68. The number of amides is 2. The summed E-state index contributed by atoms with van der Waals surface area (Å²) < 4.78 is 5.65. The molecule has 0 aliphatic carbocycles. The third kappa shape index (κ3) is 5.33. The van der Waals surface area contributed by atoms with Crippen molar-refractivity contribution in [2.75, 3.05) is 32.8 Å². The minimum atomic E-state index is 0.0306. The smallest absolute Gasteiger partial charge is 0.225 e. The van der Waals surface area contributed by atoms with Crippen LogP contribution in [0.2, 0.25) is 0 Å². The van der Waals surface area contributed by atoms with Gasteiger partial charge in [-0.3, -0.25) is 14.4 Å². The van der Waals surface area contributed by atoms with E-state index in [0.717, 1.165) is 38.8 Å². The van der Waals surface area contributed by atoms with Crippen molar-refractivity contribution < 1.29 is 19.1 Å². The van der Waals surface area contributed by atoms with Crippen LogP contribution in [0.25, 0.3) is 0 Å². The van der Waals surface area contributed by atoms with Crippen LogP contribution in [0.3, 0.4) is 0 Å². The lowest BCUT2D eigenvalue weighted by Gasteiger charge is -2.33. The predicted octanol–water partition coefficient (Wildman–Crippen LogP) is 2.91. The van der Waals surface area contributed by atoms with E-state index < -0.39 is 0 Å². The zero-order valence-electron chi connectivity index (χ0n) is 16.7. The summed E-state index contributed by atoms with van der Waals surface area (Å²) in [6.45, 7) is 5.15. The SMILES string of the molecule is CC(=O)c1ccc(OCCCC(=O)N2CCC(C(=O)N3CCCC3)CC2)cc1. The Kier molecular flexibility index (Phi) is 7.06. The minimum absolute atomic E-state index is 0.0306. The molecule has 1 aromatic rings. The monoisotopic (exact) mass is 386 g/mol. The number of ether oxygens (including phenoxy) is 1. The average Bonchev–Trinajstić information content (AvgIpc) is 3.26. The standard InChI is InChI=1S/C22H30N2O4/c1-17(25)18-6-8-20(9-7-18)28-16-4-5-21(26)23-14-10-19(11-15-23)22(27)24-12-2-3-13-24/h6-9,19H,2-5,10-16H2,1H3. The van der Waals surface area contributed by atoms with Crippen molar-refractivity contribution in [3.63, 3.8) is 0 Å². The Bertz CT molecular complexity index is 687. The number of carbonyl (C=O) groups is 3.